The Hall–Kier alpha value is -1.75. The average Bonchev–Trinajstić information content (AvgIpc) is 2.69. The minimum atomic E-state index is -0.328. The number of hydrogen-bond acceptors (Lipinski definition) is 5. The molecule has 0 saturated heterocycles. The molecule has 110 valence electrons. The smallest absolute Gasteiger partial charge is 0.322 e. The lowest BCUT2D eigenvalue weighted by Crippen LogP contribution is -2.34. The molecule has 0 fully saturated rings. The summed E-state index contributed by atoms with van der Waals surface area (Å²) in [6.07, 6.45) is 0.891. The third-order valence-corrected chi connectivity index (χ3v) is 3.06. The second-order valence-corrected chi connectivity index (χ2v) is 4.69. The van der Waals surface area contributed by atoms with Crippen molar-refractivity contribution in [2.45, 2.75) is 32.9 Å². The molecule has 1 heterocycles. The van der Waals surface area contributed by atoms with Gasteiger partial charge in [-0.1, -0.05) is 6.07 Å². The molecule has 1 aromatic carbocycles. The van der Waals surface area contributed by atoms with Gasteiger partial charge in [-0.05, 0) is 31.5 Å². The maximum absolute atomic E-state index is 11.5. The third-order valence-electron chi connectivity index (χ3n) is 3.06. The van der Waals surface area contributed by atoms with Crippen LogP contribution in [0.15, 0.2) is 18.2 Å². The van der Waals surface area contributed by atoms with E-state index in [4.69, 9.17) is 14.2 Å². The molecule has 1 aromatic rings. The zero-order valence-electron chi connectivity index (χ0n) is 12.0. The van der Waals surface area contributed by atoms with Gasteiger partial charge >= 0.3 is 5.97 Å². The highest BCUT2D eigenvalue weighted by Gasteiger charge is 2.14. The van der Waals surface area contributed by atoms with E-state index in [-0.39, 0.29) is 12.0 Å². The first-order valence-electron chi connectivity index (χ1n) is 6.99. The van der Waals surface area contributed by atoms with Gasteiger partial charge in [0.15, 0.2) is 11.5 Å². The highest BCUT2D eigenvalue weighted by atomic mass is 16.5. The molecule has 2 rings (SSSR count). The summed E-state index contributed by atoms with van der Waals surface area (Å²) in [6, 6.07) is 5.50. The van der Waals surface area contributed by atoms with Crippen molar-refractivity contribution in [3.05, 3.63) is 23.8 Å². The topological polar surface area (TPSA) is 56.8 Å². The average molecular weight is 279 g/mol. The molecule has 0 radical (unpaired) electrons. The maximum Gasteiger partial charge on any atom is 0.322 e. The molecule has 5 nitrogen and oxygen atoms in total. The van der Waals surface area contributed by atoms with Crippen molar-refractivity contribution in [3.63, 3.8) is 0 Å². The highest BCUT2D eigenvalue weighted by Crippen LogP contribution is 2.30. The van der Waals surface area contributed by atoms with Crippen molar-refractivity contribution in [3.8, 4) is 11.5 Å². The van der Waals surface area contributed by atoms with Crippen LogP contribution in [0.4, 0.5) is 0 Å². The molecule has 5 heteroatoms. The van der Waals surface area contributed by atoms with Gasteiger partial charge in [-0.3, -0.25) is 4.79 Å². The molecule has 0 bridgehead atoms. The van der Waals surface area contributed by atoms with Crippen LogP contribution < -0.4 is 14.8 Å². The summed E-state index contributed by atoms with van der Waals surface area (Å²) >= 11 is 0. The second-order valence-electron chi connectivity index (χ2n) is 4.69. The molecule has 1 aliphatic heterocycles. The van der Waals surface area contributed by atoms with E-state index in [1.54, 1.807) is 13.8 Å². The van der Waals surface area contributed by atoms with Gasteiger partial charge in [0.25, 0.3) is 0 Å². The molecule has 20 heavy (non-hydrogen) atoms. The number of rotatable bonds is 5. The van der Waals surface area contributed by atoms with Crippen LogP contribution >= 0.6 is 0 Å². The maximum atomic E-state index is 11.5. The standard InChI is InChI=1S/C15H21NO4/c1-3-18-15(17)11(2)16-10-12-5-6-13-14(9-12)20-8-4-7-19-13/h5-6,9,11,16H,3-4,7-8,10H2,1-2H3. The molecular formula is C15H21NO4. The summed E-state index contributed by atoms with van der Waals surface area (Å²) in [4.78, 5) is 11.5. The van der Waals surface area contributed by atoms with Gasteiger partial charge in [0.1, 0.15) is 6.04 Å². The van der Waals surface area contributed by atoms with Gasteiger partial charge in [-0.2, -0.15) is 0 Å². The van der Waals surface area contributed by atoms with Crippen molar-refractivity contribution in [2.24, 2.45) is 0 Å². The summed E-state index contributed by atoms with van der Waals surface area (Å²) in [5.41, 5.74) is 1.05. The Morgan fingerprint density at radius 1 is 1.35 bits per heavy atom. The number of nitrogens with one attached hydrogen (secondary N) is 1. The van der Waals surface area contributed by atoms with E-state index in [2.05, 4.69) is 5.32 Å². The Morgan fingerprint density at radius 2 is 2.10 bits per heavy atom. The van der Waals surface area contributed by atoms with Crippen LogP contribution in [-0.2, 0) is 16.1 Å². The van der Waals surface area contributed by atoms with Crippen molar-refractivity contribution >= 4 is 5.97 Å². The largest absolute Gasteiger partial charge is 0.490 e. The summed E-state index contributed by atoms with van der Waals surface area (Å²) < 4.78 is 16.2. The molecule has 1 atom stereocenters. The summed E-state index contributed by atoms with van der Waals surface area (Å²) in [5, 5.41) is 3.14. The lowest BCUT2D eigenvalue weighted by Gasteiger charge is -2.14. The molecule has 0 spiro atoms. The zero-order valence-corrected chi connectivity index (χ0v) is 12.0. The van der Waals surface area contributed by atoms with Crippen LogP contribution in [0, 0.1) is 0 Å². The fraction of sp³-hybridized carbons (Fsp3) is 0.533. The third kappa shape index (κ3) is 3.87. The lowest BCUT2D eigenvalue weighted by atomic mass is 10.2. The number of hydrogen-bond donors (Lipinski definition) is 1. The number of ether oxygens (including phenoxy) is 3. The van der Waals surface area contributed by atoms with Crippen LogP contribution in [0.25, 0.3) is 0 Å². The number of carbonyl (C=O) groups is 1. The number of fused-ring (bicyclic) bond motifs is 1. The van der Waals surface area contributed by atoms with Crippen molar-refractivity contribution in [2.75, 3.05) is 19.8 Å². The van der Waals surface area contributed by atoms with E-state index in [0.717, 1.165) is 23.5 Å². The van der Waals surface area contributed by atoms with Crippen molar-refractivity contribution < 1.29 is 19.0 Å². The predicted octanol–water partition coefficient (Wildman–Crippen LogP) is 1.89. The lowest BCUT2D eigenvalue weighted by molar-refractivity contribution is -0.145. The van der Waals surface area contributed by atoms with Crippen LogP contribution in [0.3, 0.4) is 0 Å². The van der Waals surface area contributed by atoms with Crippen LogP contribution in [-0.4, -0.2) is 31.8 Å². The molecule has 1 unspecified atom stereocenters. The monoisotopic (exact) mass is 279 g/mol. The van der Waals surface area contributed by atoms with Gasteiger partial charge < -0.3 is 19.5 Å². The number of carbonyl (C=O) groups excluding carboxylic acids is 1. The van der Waals surface area contributed by atoms with Crippen LogP contribution in [0.1, 0.15) is 25.8 Å². The fourth-order valence-electron chi connectivity index (χ4n) is 1.94. The Labute approximate surface area is 119 Å². The Bertz CT molecular complexity index is 461. The highest BCUT2D eigenvalue weighted by molar-refractivity contribution is 5.75. The van der Waals surface area contributed by atoms with Crippen molar-refractivity contribution in [1.29, 1.82) is 0 Å². The molecule has 0 aromatic heterocycles. The molecule has 0 saturated carbocycles. The number of esters is 1. The minimum Gasteiger partial charge on any atom is -0.490 e. The molecule has 1 N–H and O–H groups in total. The summed E-state index contributed by atoms with van der Waals surface area (Å²) in [7, 11) is 0. The van der Waals surface area contributed by atoms with Crippen LogP contribution in [0.5, 0.6) is 11.5 Å². The Kier molecular flexibility index (Phi) is 5.24. The minimum absolute atomic E-state index is 0.234. The molecular weight excluding hydrogens is 258 g/mol. The van der Waals surface area contributed by atoms with E-state index in [9.17, 15) is 4.79 Å². The van der Waals surface area contributed by atoms with Crippen molar-refractivity contribution in [1.82, 2.24) is 5.32 Å². The zero-order chi connectivity index (χ0) is 14.4. The second kappa shape index (κ2) is 7.14. The van der Waals surface area contributed by atoms with Gasteiger partial charge in [0, 0.05) is 13.0 Å². The van der Waals surface area contributed by atoms with E-state index >= 15 is 0 Å². The van der Waals surface area contributed by atoms with E-state index in [1.807, 2.05) is 18.2 Å². The molecule has 0 aliphatic carbocycles. The quantitative estimate of drug-likeness (QED) is 0.834. The van der Waals surface area contributed by atoms with Gasteiger partial charge in [-0.15, -0.1) is 0 Å². The molecule has 0 amide bonds. The SMILES string of the molecule is CCOC(=O)C(C)NCc1ccc2c(c1)OCCCO2. The van der Waals surface area contributed by atoms with Crippen LogP contribution in [0.2, 0.25) is 0 Å². The molecule has 1 aliphatic rings. The first-order valence-corrected chi connectivity index (χ1v) is 6.99. The normalized spacial score (nSPS) is 15.3. The van der Waals surface area contributed by atoms with Gasteiger partial charge in [0.2, 0.25) is 0 Å². The van der Waals surface area contributed by atoms with E-state index in [0.29, 0.717) is 26.4 Å². The summed E-state index contributed by atoms with van der Waals surface area (Å²) in [5.74, 6) is 1.32. The summed E-state index contributed by atoms with van der Waals surface area (Å²) in [6.45, 7) is 5.93. The number of benzene rings is 1. The first-order chi connectivity index (χ1) is 9.70. The fourth-order valence-corrected chi connectivity index (χ4v) is 1.94. The van der Waals surface area contributed by atoms with Gasteiger partial charge in [0.05, 0.1) is 19.8 Å². The van der Waals surface area contributed by atoms with E-state index < -0.39 is 0 Å². The predicted molar refractivity (Wildman–Crippen MR) is 75.0 cm³/mol. The van der Waals surface area contributed by atoms with E-state index in [1.165, 1.54) is 0 Å². The van der Waals surface area contributed by atoms with Gasteiger partial charge in [-0.25, -0.2) is 0 Å². The Balaban J connectivity index is 1.93. The first kappa shape index (κ1) is 14.7. The Morgan fingerprint density at radius 3 is 2.85 bits per heavy atom.